The lowest BCUT2D eigenvalue weighted by Gasteiger charge is -2.39. The van der Waals surface area contributed by atoms with Crippen molar-refractivity contribution in [3.63, 3.8) is 0 Å². The summed E-state index contributed by atoms with van der Waals surface area (Å²) < 4.78 is 6.10. The molecule has 1 saturated carbocycles. The van der Waals surface area contributed by atoms with Crippen molar-refractivity contribution in [2.75, 3.05) is 50.9 Å². The number of rotatable bonds is 7. The molecule has 1 amide bonds. The van der Waals surface area contributed by atoms with Crippen LogP contribution in [0.2, 0.25) is 0 Å². The molecule has 3 unspecified atom stereocenters. The van der Waals surface area contributed by atoms with Gasteiger partial charge in [0.2, 0.25) is 5.91 Å². The molecule has 0 bridgehead atoms. The topological polar surface area (TPSA) is 69.7 Å². The molecule has 28 heavy (non-hydrogen) atoms. The maximum Gasteiger partial charge on any atom is 0.225 e. The number of unbranched alkanes of at least 4 members (excludes halogenated alkanes) is 1. The summed E-state index contributed by atoms with van der Waals surface area (Å²) in [6, 6.07) is 6.46. The van der Waals surface area contributed by atoms with Gasteiger partial charge in [-0.3, -0.25) is 15.0 Å². The number of carbonyl (C=O) groups excluding carboxylic acids is 1. The number of fused-ring (bicyclic) bond motifs is 1. The van der Waals surface area contributed by atoms with Crippen molar-refractivity contribution in [1.29, 1.82) is 0 Å². The molecule has 2 aliphatic heterocycles. The minimum atomic E-state index is 0.0860. The molecule has 0 spiro atoms. The number of carbonyl (C=O) groups is 1. The molecule has 3 heterocycles. The Kier molecular flexibility index (Phi) is 6.77. The summed E-state index contributed by atoms with van der Waals surface area (Å²) in [6.45, 7) is 6.87. The molecule has 1 aliphatic carbocycles. The van der Waals surface area contributed by atoms with Gasteiger partial charge in [-0.05, 0) is 50.8 Å². The number of hydrogen-bond donors (Lipinski definition) is 2. The zero-order valence-electron chi connectivity index (χ0n) is 16.7. The van der Waals surface area contributed by atoms with E-state index < -0.39 is 0 Å². The Hall–Kier alpha value is -1.70. The van der Waals surface area contributed by atoms with E-state index in [-0.39, 0.29) is 17.9 Å². The zero-order valence-corrected chi connectivity index (χ0v) is 16.7. The van der Waals surface area contributed by atoms with E-state index in [0.29, 0.717) is 12.7 Å². The van der Waals surface area contributed by atoms with Gasteiger partial charge in [-0.15, -0.1) is 0 Å². The number of hydrogen-bond acceptors (Lipinski definition) is 6. The van der Waals surface area contributed by atoms with Crippen LogP contribution in [0, 0.1) is 5.92 Å². The maximum absolute atomic E-state index is 12.0. The van der Waals surface area contributed by atoms with E-state index in [4.69, 9.17) is 4.74 Å². The average Bonchev–Trinajstić information content (AvgIpc) is 2.75. The van der Waals surface area contributed by atoms with Crippen LogP contribution in [-0.2, 0) is 9.53 Å². The van der Waals surface area contributed by atoms with Crippen molar-refractivity contribution in [1.82, 2.24) is 20.5 Å². The van der Waals surface area contributed by atoms with Crippen LogP contribution >= 0.6 is 0 Å². The summed E-state index contributed by atoms with van der Waals surface area (Å²) in [6.07, 6.45) is 7.35. The second-order valence-corrected chi connectivity index (χ2v) is 8.16. The van der Waals surface area contributed by atoms with E-state index in [1.807, 2.05) is 12.3 Å². The summed E-state index contributed by atoms with van der Waals surface area (Å²) in [5, 5.41) is 6.31. The van der Waals surface area contributed by atoms with Crippen molar-refractivity contribution >= 4 is 11.7 Å². The molecule has 2 saturated heterocycles. The number of pyridine rings is 1. The third-order valence-corrected chi connectivity index (χ3v) is 6.33. The zero-order chi connectivity index (χ0) is 19.2. The van der Waals surface area contributed by atoms with Crippen molar-refractivity contribution in [3.05, 3.63) is 24.4 Å². The standard InChI is InChI=1S/C21H33N5O2/c27-21-18-15-17(6-7-19(18)23-16-24-21)28-14-4-3-9-25-10-12-26(13-11-25)20-5-1-2-8-22-20/h1-2,5,8,17-19,23H,3-4,6-7,9-16H2,(H,24,27). The minimum Gasteiger partial charge on any atom is -0.378 e. The largest absolute Gasteiger partial charge is 0.378 e. The van der Waals surface area contributed by atoms with Gasteiger partial charge in [0.1, 0.15) is 5.82 Å². The van der Waals surface area contributed by atoms with E-state index in [2.05, 4.69) is 37.6 Å². The van der Waals surface area contributed by atoms with Crippen LogP contribution in [0.25, 0.3) is 0 Å². The monoisotopic (exact) mass is 387 g/mol. The van der Waals surface area contributed by atoms with Crippen molar-refractivity contribution in [2.45, 2.75) is 44.2 Å². The van der Waals surface area contributed by atoms with Gasteiger partial charge >= 0.3 is 0 Å². The Balaban J connectivity index is 1.08. The lowest BCUT2D eigenvalue weighted by Crippen LogP contribution is -2.57. The predicted octanol–water partition coefficient (Wildman–Crippen LogP) is 1.21. The summed E-state index contributed by atoms with van der Waals surface area (Å²) in [5.74, 6) is 1.37. The van der Waals surface area contributed by atoms with Gasteiger partial charge in [-0.2, -0.15) is 0 Å². The Morgan fingerprint density at radius 1 is 1.14 bits per heavy atom. The van der Waals surface area contributed by atoms with Gasteiger partial charge in [0.05, 0.1) is 18.7 Å². The third kappa shape index (κ3) is 5.01. The average molecular weight is 388 g/mol. The number of piperazine rings is 1. The van der Waals surface area contributed by atoms with E-state index >= 15 is 0 Å². The first-order chi connectivity index (χ1) is 13.8. The molecule has 3 fully saturated rings. The first-order valence-corrected chi connectivity index (χ1v) is 10.8. The lowest BCUT2D eigenvalue weighted by molar-refractivity contribution is -0.131. The van der Waals surface area contributed by atoms with Crippen LogP contribution in [0.1, 0.15) is 32.1 Å². The highest BCUT2D eigenvalue weighted by Crippen LogP contribution is 2.28. The Labute approximate surface area is 167 Å². The maximum atomic E-state index is 12.0. The highest BCUT2D eigenvalue weighted by atomic mass is 16.5. The lowest BCUT2D eigenvalue weighted by atomic mass is 9.81. The van der Waals surface area contributed by atoms with E-state index in [1.165, 1.54) is 6.42 Å². The molecule has 0 aromatic carbocycles. The van der Waals surface area contributed by atoms with Crippen LogP contribution < -0.4 is 15.5 Å². The molecule has 1 aromatic heterocycles. The van der Waals surface area contributed by atoms with Crippen LogP contribution in [-0.4, -0.2) is 73.9 Å². The molecule has 3 aliphatic rings. The quantitative estimate of drug-likeness (QED) is 0.686. The summed E-state index contributed by atoms with van der Waals surface area (Å²) in [5.41, 5.74) is 0. The number of nitrogens with one attached hydrogen (secondary N) is 2. The summed E-state index contributed by atoms with van der Waals surface area (Å²) >= 11 is 0. The van der Waals surface area contributed by atoms with Crippen molar-refractivity contribution < 1.29 is 9.53 Å². The molecule has 7 heteroatoms. The normalized spacial score (nSPS) is 28.6. The molecule has 1 aromatic rings. The highest BCUT2D eigenvalue weighted by Gasteiger charge is 2.37. The molecule has 2 N–H and O–H groups in total. The third-order valence-electron chi connectivity index (χ3n) is 6.33. The Morgan fingerprint density at radius 3 is 2.86 bits per heavy atom. The number of aromatic nitrogens is 1. The first kappa shape index (κ1) is 19.6. The number of nitrogens with zero attached hydrogens (tertiary/aromatic N) is 3. The van der Waals surface area contributed by atoms with Gasteiger partial charge in [0.15, 0.2) is 0 Å². The Morgan fingerprint density at radius 2 is 2.04 bits per heavy atom. The minimum absolute atomic E-state index is 0.0860. The smallest absolute Gasteiger partial charge is 0.225 e. The number of amides is 1. The van der Waals surface area contributed by atoms with Gasteiger partial charge in [-0.1, -0.05) is 6.07 Å². The Bertz CT molecular complexity index is 620. The van der Waals surface area contributed by atoms with Crippen LogP contribution in [0.15, 0.2) is 24.4 Å². The van der Waals surface area contributed by atoms with E-state index in [1.54, 1.807) is 0 Å². The molecule has 7 nitrogen and oxygen atoms in total. The van der Waals surface area contributed by atoms with Crippen LogP contribution in [0.4, 0.5) is 5.82 Å². The van der Waals surface area contributed by atoms with Crippen LogP contribution in [0.5, 0.6) is 0 Å². The fraction of sp³-hybridized carbons (Fsp3) is 0.714. The SMILES string of the molecule is O=C1NCNC2CCC(OCCCCN3CCN(c4ccccn4)CC3)CC12. The molecular formula is C21H33N5O2. The van der Waals surface area contributed by atoms with Gasteiger partial charge in [0, 0.05) is 45.0 Å². The van der Waals surface area contributed by atoms with Crippen LogP contribution in [0.3, 0.4) is 0 Å². The predicted molar refractivity (Wildman–Crippen MR) is 109 cm³/mol. The molecular weight excluding hydrogens is 354 g/mol. The summed E-state index contributed by atoms with van der Waals surface area (Å²) in [4.78, 5) is 21.4. The van der Waals surface area contributed by atoms with Gasteiger partial charge in [0.25, 0.3) is 0 Å². The fourth-order valence-corrected chi connectivity index (χ4v) is 4.65. The second kappa shape index (κ2) is 9.67. The van der Waals surface area contributed by atoms with Gasteiger partial charge < -0.3 is 15.0 Å². The van der Waals surface area contributed by atoms with E-state index in [9.17, 15) is 4.79 Å². The second-order valence-electron chi connectivity index (χ2n) is 8.16. The summed E-state index contributed by atoms with van der Waals surface area (Å²) in [7, 11) is 0. The molecule has 3 atom stereocenters. The van der Waals surface area contributed by atoms with Crippen molar-refractivity contribution in [2.24, 2.45) is 5.92 Å². The highest BCUT2D eigenvalue weighted by molar-refractivity contribution is 5.80. The van der Waals surface area contributed by atoms with E-state index in [0.717, 1.165) is 70.8 Å². The van der Waals surface area contributed by atoms with Gasteiger partial charge in [-0.25, -0.2) is 4.98 Å². The van der Waals surface area contributed by atoms with Crippen molar-refractivity contribution in [3.8, 4) is 0 Å². The number of ether oxygens (including phenoxy) is 1. The molecule has 4 rings (SSSR count). The molecule has 154 valence electrons. The molecule has 0 radical (unpaired) electrons. The number of anilines is 1. The first-order valence-electron chi connectivity index (χ1n) is 10.8. The fourth-order valence-electron chi connectivity index (χ4n) is 4.65.